The first-order valence-corrected chi connectivity index (χ1v) is 7.11. The number of benzene rings is 1. The van der Waals surface area contributed by atoms with Gasteiger partial charge in [0.05, 0.1) is 26.4 Å². The zero-order valence-corrected chi connectivity index (χ0v) is 12.6. The lowest BCUT2D eigenvalue weighted by molar-refractivity contribution is 0.0571. The number of halogens is 1. The smallest absolute Gasteiger partial charge is 0.0700 e. The molecule has 20 heavy (non-hydrogen) atoms. The summed E-state index contributed by atoms with van der Waals surface area (Å²) in [7, 11) is 1.63. The van der Waals surface area contributed by atoms with Gasteiger partial charge in [-0.2, -0.15) is 0 Å². The molecule has 0 aromatic heterocycles. The van der Waals surface area contributed by atoms with Crippen LogP contribution in [0.15, 0.2) is 24.3 Å². The second kappa shape index (κ2) is 9.32. The molecule has 4 nitrogen and oxygen atoms in total. The van der Waals surface area contributed by atoms with Crippen molar-refractivity contribution in [1.29, 1.82) is 0 Å². The molecular weight excluding hydrogens is 280 g/mol. The number of hydrogen-bond acceptors (Lipinski definition) is 4. The molecule has 0 saturated heterocycles. The Morgan fingerprint density at radius 2 is 1.70 bits per heavy atom. The molecule has 0 aliphatic carbocycles. The highest BCUT2D eigenvalue weighted by atomic mass is 35.5. The van der Waals surface area contributed by atoms with Crippen molar-refractivity contribution in [1.82, 2.24) is 0 Å². The lowest BCUT2D eigenvalue weighted by Gasteiger charge is -2.30. The third-order valence-electron chi connectivity index (χ3n) is 3.44. The van der Waals surface area contributed by atoms with Crippen molar-refractivity contribution in [3.05, 3.63) is 34.9 Å². The highest BCUT2D eigenvalue weighted by molar-refractivity contribution is 6.30. The summed E-state index contributed by atoms with van der Waals surface area (Å²) in [5, 5.41) is 20.0. The zero-order chi connectivity index (χ0) is 14.8. The predicted octanol–water partition coefficient (Wildman–Crippen LogP) is 2.01. The Morgan fingerprint density at radius 1 is 1.05 bits per heavy atom. The van der Waals surface area contributed by atoms with Crippen LogP contribution in [0.25, 0.3) is 0 Å². The fourth-order valence-corrected chi connectivity index (χ4v) is 2.22. The second-order valence-corrected chi connectivity index (χ2v) is 5.25. The molecule has 0 aliphatic rings. The molecule has 0 amide bonds. The van der Waals surface area contributed by atoms with E-state index < -0.39 is 5.41 Å². The first-order valence-electron chi connectivity index (χ1n) is 6.73. The quantitative estimate of drug-likeness (QED) is 0.649. The van der Waals surface area contributed by atoms with Gasteiger partial charge in [0.25, 0.3) is 0 Å². The Balaban J connectivity index is 2.56. The third kappa shape index (κ3) is 5.04. The van der Waals surface area contributed by atoms with Crippen LogP contribution in [0.2, 0.25) is 5.02 Å². The minimum absolute atomic E-state index is 0.108. The van der Waals surface area contributed by atoms with Crippen LogP contribution in [0, 0.1) is 0 Å². The van der Waals surface area contributed by atoms with Gasteiger partial charge in [-0.15, -0.1) is 0 Å². The Hall–Kier alpha value is -0.650. The van der Waals surface area contributed by atoms with E-state index in [0.29, 0.717) is 31.3 Å². The first-order chi connectivity index (χ1) is 9.68. The summed E-state index contributed by atoms with van der Waals surface area (Å²) in [4.78, 5) is 0. The molecule has 0 radical (unpaired) electrons. The van der Waals surface area contributed by atoms with Gasteiger partial charge in [0.15, 0.2) is 0 Å². The van der Waals surface area contributed by atoms with Crippen LogP contribution >= 0.6 is 11.6 Å². The molecule has 0 heterocycles. The average molecular weight is 303 g/mol. The van der Waals surface area contributed by atoms with Crippen LogP contribution in [-0.2, 0) is 14.9 Å². The van der Waals surface area contributed by atoms with Gasteiger partial charge in [-0.1, -0.05) is 23.7 Å². The molecule has 114 valence electrons. The Morgan fingerprint density at radius 3 is 2.25 bits per heavy atom. The number of hydrogen-bond donors (Lipinski definition) is 2. The fraction of sp³-hybridized carbons (Fsp3) is 0.600. The van der Waals surface area contributed by atoms with Crippen LogP contribution in [-0.4, -0.2) is 50.4 Å². The van der Waals surface area contributed by atoms with Crippen molar-refractivity contribution in [2.75, 3.05) is 40.1 Å². The van der Waals surface area contributed by atoms with Crippen LogP contribution in [0.4, 0.5) is 0 Å². The maximum absolute atomic E-state index is 9.69. The molecule has 1 aromatic rings. The molecule has 1 rings (SSSR count). The van der Waals surface area contributed by atoms with Crippen molar-refractivity contribution >= 4 is 11.6 Å². The van der Waals surface area contributed by atoms with Gasteiger partial charge >= 0.3 is 0 Å². The monoisotopic (exact) mass is 302 g/mol. The Labute approximate surface area is 125 Å². The molecule has 0 saturated carbocycles. The van der Waals surface area contributed by atoms with E-state index >= 15 is 0 Å². The van der Waals surface area contributed by atoms with E-state index in [1.54, 1.807) is 19.2 Å². The van der Waals surface area contributed by atoms with E-state index in [0.717, 1.165) is 12.0 Å². The van der Waals surface area contributed by atoms with E-state index in [-0.39, 0.29) is 13.2 Å². The van der Waals surface area contributed by atoms with Crippen molar-refractivity contribution in [3.63, 3.8) is 0 Å². The predicted molar refractivity (Wildman–Crippen MR) is 79.2 cm³/mol. The summed E-state index contributed by atoms with van der Waals surface area (Å²) in [6.45, 7) is 1.50. The molecule has 0 spiro atoms. The Bertz CT molecular complexity index is 363. The molecular formula is C15H23ClO4. The number of aliphatic hydroxyl groups excluding tert-OH is 2. The van der Waals surface area contributed by atoms with Crippen molar-refractivity contribution in [2.24, 2.45) is 0 Å². The second-order valence-electron chi connectivity index (χ2n) is 4.81. The average Bonchev–Trinajstić information content (AvgIpc) is 2.48. The zero-order valence-electron chi connectivity index (χ0n) is 11.8. The lowest BCUT2D eigenvalue weighted by atomic mass is 9.78. The van der Waals surface area contributed by atoms with Crippen LogP contribution < -0.4 is 0 Å². The maximum atomic E-state index is 9.69. The highest BCUT2D eigenvalue weighted by Gasteiger charge is 2.30. The molecule has 0 atom stereocenters. The topological polar surface area (TPSA) is 58.9 Å². The Kier molecular flexibility index (Phi) is 8.11. The largest absolute Gasteiger partial charge is 0.395 e. The van der Waals surface area contributed by atoms with Gasteiger partial charge in [0.2, 0.25) is 0 Å². The molecule has 1 aromatic carbocycles. The van der Waals surface area contributed by atoms with Crippen molar-refractivity contribution in [3.8, 4) is 0 Å². The first kappa shape index (κ1) is 17.4. The third-order valence-corrected chi connectivity index (χ3v) is 3.69. The number of rotatable bonds is 10. The summed E-state index contributed by atoms with van der Waals surface area (Å²) in [5.74, 6) is 0. The number of ether oxygens (including phenoxy) is 2. The molecule has 0 fully saturated rings. The summed E-state index contributed by atoms with van der Waals surface area (Å²) in [6.07, 6.45) is 1.40. The fourth-order valence-electron chi connectivity index (χ4n) is 2.10. The summed E-state index contributed by atoms with van der Waals surface area (Å²) < 4.78 is 10.3. The van der Waals surface area contributed by atoms with Gasteiger partial charge in [0, 0.05) is 24.2 Å². The number of methoxy groups -OCH3 is 1. The van der Waals surface area contributed by atoms with E-state index in [1.165, 1.54) is 0 Å². The van der Waals surface area contributed by atoms with Gasteiger partial charge < -0.3 is 19.7 Å². The van der Waals surface area contributed by atoms with Crippen LogP contribution in [0.5, 0.6) is 0 Å². The normalized spacial score (nSPS) is 11.8. The van der Waals surface area contributed by atoms with E-state index in [9.17, 15) is 10.2 Å². The molecule has 2 N–H and O–H groups in total. The standard InChI is InChI=1S/C15H23ClO4/c1-19-9-10-20-8-2-7-15(11-17,12-18)13-3-5-14(16)6-4-13/h3-6,17-18H,2,7-12H2,1H3. The summed E-state index contributed by atoms with van der Waals surface area (Å²) in [6, 6.07) is 7.24. The van der Waals surface area contributed by atoms with Crippen LogP contribution in [0.3, 0.4) is 0 Å². The van der Waals surface area contributed by atoms with Gasteiger partial charge in [-0.25, -0.2) is 0 Å². The molecule has 0 bridgehead atoms. The van der Waals surface area contributed by atoms with Crippen molar-refractivity contribution < 1.29 is 19.7 Å². The highest BCUT2D eigenvalue weighted by Crippen LogP contribution is 2.29. The van der Waals surface area contributed by atoms with Gasteiger partial charge in [-0.3, -0.25) is 0 Å². The number of aliphatic hydroxyl groups is 2. The van der Waals surface area contributed by atoms with Gasteiger partial charge in [0.1, 0.15) is 0 Å². The van der Waals surface area contributed by atoms with Gasteiger partial charge in [-0.05, 0) is 30.5 Å². The minimum Gasteiger partial charge on any atom is -0.395 e. The summed E-state index contributed by atoms with van der Waals surface area (Å²) in [5.41, 5.74) is 0.249. The van der Waals surface area contributed by atoms with E-state index in [4.69, 9.17) is 21.1 Å². The van der Waals surface area contributed by atoms with E-state index in [1.807, 2.05) is 12.1 Å². The van der Waals surface area contributed by atoms with E-state index in [2.05, 4.69) is 0 Å². The maximum Gasteiger partial charge on any atom is 0.0700 e. The lowest BCUT2D eigenvalue weighted by Crippen LogP contribution is -2.35. The SMILES string of the molecule is COCCOCCCC(CO)(CO)c1ccc(Cl)cc1. The molecule has 5 heteroatoms. The van der Waals surface area contributed by atoms with Crippen LogP contribution in [0.1, 0.15) is 18.4 Å². The van der Waals surface area contributed by atoms with Crippen molar-refractivity contribution in [2.45, 2.75) is 18.3 Å². The molecule has 0 aliphatic heterocycles. The minimum atomic E-state index is -0.644. The molecule has 0 unspecified atom stereocenters. The summed E-state index contributed by atoms with van der Waals surface area (Å²) >= 11 is 5.87.